The number of carbonyl (C=O) groups excluding carboxylic acids is 2. The van der Waals surface area contributed by atoms with Gasteiger partial charge in [0, 0.05) is 11.4 Å². The largest absolute Gasteiger partial charge is 0.360 e. The van der Waals surface area contributed by atoms with Gasteiger partial charge in [-0.2, -0.15) is 0 Å². The summed E-state index contributed by atoms with van der Waals surface area (Å²) < 4.78 is 6.20. The van der Waals surface area contributed by atoms with Crippen molar-refractivity contribution in [3.8, 4) is 0 Å². The lowest BCUT2D eigenvalue weighted by Crippen LogP contribution is -2.44. The summed E-state index contributed by atoms with van der Waals surface area (Å²) in [6.07, 6.45) is 8.60. The van der Waals surface area contributed by atoms with Crippen LogP contribution in [0.25, 0.3) is 0 Å². The van der Waals surface area contributed by atoms with Crippen molar-refractivity contribution in [2.75, 3.05) is 32.7 Å². The van der Waals surface area contributed by atoms with Crippen molar-refractivity contribution in [1.29, 1.82) is 0 Å². The lowest BCUT2D eigenvalue weighted by molar-refractivity contribution is -0.137. The van der Waals surface area contributed by atoms with E-state index >= 15 is 0 Å². The number of amides is 2. The van der Waals surface area contributed by atoms with Gasteiger partial charge < -0.3 is 19.9 Å². The maximum absolute atomic E-state index is 13.2. The summed E-state index contributed by atoms with van der Waals surface area (Å²) in [5.74, 6) is -0.773. The van der Waals surface area contributed by atoms with Crippen LogP contribution in [0.15, 0.2) is 29.7 Å². The molecule has 3 saturated heterocycles. The van der Waals surface area contributed by atoms with Crippen molar-refractivity contribution in [1.82, 2.24) is 15.1 Å². The van der Waals surface area contributed by atoms with Gasteiger partial charge in [-0.1, -0.05) is 24.6 Å². The third-order valence-electron chi connectivity index (χ3n) is 6.81. The highest BCUT2D eigenvalue weighted by Crippen LogP contribution is 2.52. The molecule has 29 heavy (non-hydrogen) atoms. The van der Waals surface area contributed by atoms with Gasteiger partial charge in [0.1, 0.15) is 5.60 Å². The van der Waals surface area contributed by atoms with E-state index in [1.54, 1.807) is 11.3 Å². The number of hydrogen-bond donors (Lipinski definition) is 1. The molecule has 0 unspecified atom stereocenters. The van der Waals surface area contributed by atoms with Crippen LogP contribution in [-0.4, -0.2) is 66.0 Å². The molecule has 2 bridgehead atoms. The number of nitrogens with one attached hydrogen (secondary N) is 1. The standard InChI is InChI=1S/C22H29N3O3S/c26-20(23-9-5-12-24-10-2-1-3-11-24)18-17-7-8-22(28-17)15-25(21(27)19(18)22)14-16-6-4-13-29-16/h4,6-8,13,17-19H,1-3,5,9-12,14-15H2,(H,23,26)/t17-,18+,19-,22-/m1/s1. The summed E-state index contributed by atoms with van der Waals surface area (Å²) in [6, 6.07) is 4.05. The molecule has 2 amide bonds. The van der Waals surface area contributed by atoms with Crippen molar-refractivity contribution in [3.05, 3.63) is 34.5 Å². The summed E-state index contributed by atoms with van der Waals surface area (Å²) in [4.78, 5) is 31.7. The Hall–Kier alpha value is -1.70. The van der Waals surface area contributed by atoms with Gasteiger partial charge in [-0.25, -0.2) is 0 Å². The quantitative estimate of drug-likeness (QED) is 0.547. The Kier molecular flexibility index (Phi) is 5.22. The first-order valence-electron chi connectivity index (χ1n) is 10.8. The van der Waals surface area contributed by atoms with E-state index in [2.05, 4.69) is 10.2 Å². The Labute approximate surface area is 175 Å². The van der Waals surface area contributed by atoms with Crippen LogP contribution in [0.3, 0.4) is 0 Å². The molecular weight excluding hydrogens is 386 g/mol. The highest BCUT2D eigenvalue weighted by atomic mass is 32.1. The third-order valence-corrected chi connectivity index (χ3v) is 7.67. The third kappa shape index (κ3) is 3.53. The van der Waals surface area contributed by atoms with E-state index in [4.69, 9.17) is 4.74 Å². The molecule has 5 rings (SSSR count). The first-order valence-corrected chi connectivity index (χ1v) is 11.7. The zero-order chi connectivity index (χ0) is 19.8. The van der Waals surface area contributed by atoms with Crippen LogP contribution in [0, 0.1) is 11.8 Å². The lowest BCUT2D eigenvalue weighted by Gasteiger charge is -2.26. The lowest BCUT2D eigenvalue weighted by atomic mass is 9.77. The number of hydrogen-bond acceptors (Lipinski definition) is 5. The van der Waals surface area contributed by atoms with Crippen LogP contribution in [0.4, 0.5) is 0 Å². The highest BCUT2D eigenvalue weighted by molar-refractivity contribution is 7.09. The number of fused-ring (bicyclic) bond motifs is 1. The maximum atomic E-state index is 13.2. The normalized spacial score (nSPS) is 33.4. The molecule has 1 spiro atoms. The van der Waals surface area contributed by atoms with Gasteiger partial charge in [-0.15, -0.1) is 11.3 Å². The Bertz CT molecular complexity index is 789. The predicted molar refractivity (Wildman–Crippen MR) is 111 cm³/mol. The van der Waals surface area contributed by atoms with Crippen LogP contribution in [0.1, 0.15) is 30.6 Å². The number of piperidine rings is 1. The van der Waals surface area contributed by atoms with Crippen molar-refractivity contribution in [3.63, 3.8) is 0 Å². The monoisotopic (exact) mass is 415 g/mol. The van der Waals surface area contributed by atoms with E-state index in [1.807, 2.05) is 34.6 Å². The Morgan fingerprint density at radius 2 is 2.17 bits per heavy atom. The van der Waals surface area contributed by atoms with Crippen LogP contribution in [0.2, 0.25) is 0 Å². The number of carbonyl (C=O) groups is 2. The van der Waals surface area contributed by atoms with Crippen molar-refractivity contribution in [2.24, 2.45) is 11.8 Å². The van der Waals surface area contributed by atoms with Crippen LogP contribution < -0.4 is 5.32 Å². The second kappa shape index (κ2) is 7.85. The molecule has 4 aliphatic rings. The van der Waals surface area contributed by atoms with E-state index in [1.165, 1.54) is 32.4 Å². The van der Waals surface area contributed by atoms with Crippen LogP contribution >= 0.6 is 11.3 Å². The van der Waals surface area contributed by atoms with Gasteiger partial charge in [0.2, 0.25) is 11.8 Å². The summed E-state index contributed by atoms with van der Waals surface area (Å²) in [5, 5.41) is 5.12. The Morgan fingerprint density at radius 3 is 2.97 bits per heavy atom. The fourth-order valence-electron chi connectivity index (χ4n) is 5.42. The van der Waals surface area contributed by atoms with Gasteiger partial charge in [-0.05, 0) is 50.3 Å². The molecule has 0 radical (unpaired) electrons. The van der Waals surface area contributed by atoms with Gasteiger partial charge in [-0.3, -0.25) is 9.59 Å². The Morgan fingerprint density at radius 1 is 1.31 bits per heavy atom. The summed E-state index contributed by atoms with van der Waals surface area (Å²) >= 11 is 1.65. The maximum Gasteiger partial charge on any atom is 0.230 e. The first kappa shape index (κ1) is 19.3. The molecule has 1 aromatic rings. The number of ether oxygens (including phenoxy) is 1. The molecule has 5 heterocycles. The van der Waals surface area contributed by atoms with Crippen molar-refractivity contribution in [2.45, 2.75) is 43.9 Å². The van der Waals surface area contributed by atoms with Gasteiger partial charge >= 0.3 is 0 Å². The smallest absolute Gasteiger partial charge is 0.230 e. The first-order chi connectivity index (χ1) is 14.2. The van der Waals surface area contributed by atoms with Gasteiger partial charge in [0.15, 0.2) is 0 Å². The molecule has 0 aromatic carbocycles. The zero-order valence-corrected chi connectivity index (χ0v) is 17.5. The van der Waals surface area contributed by atoms with Gasteiger partial charge in [0.25, 0.3) is 0 Å². The van der Waals surface area contributed by atoms with Crippen LogP contribution in [-0.2, 0) is 20.9 Å². The molecule has 7 heteroatoms. The second-order valence-electron chi connectivity index (χ2n) is 8.72. The fraction of sp³-hybridized carbons (Fsp3) is 0.636. The number of likely N-dealkylation sites (tertiary alicyclic amines) is 2. The Balaban J connectivity index is 1.19. The predicted octanol–water partition coefficient (Wildman–Crippen LogP) is 2.02. The molecular formula is C22H29N3O3S. The van der Waals surface area contributed by atoms with E-state index in [0.717, 1.165) is 17.8 Å². The molecule has 1 N–H and O–H groups in total. The minimum Gasteiger partial charge on any atom is -0.360 e. The number of rotatable bonds is 7. The molecule has 0 aliphatic carbocycles. The molecule has 3 fully saturated rings. The number of nitrogens with zero attached hydrogens (tertiary/aromatic N) is 2. The molecule has 1 aromatic heterocycles. The van der Waals surface area contributed by atoms with E-state index < -0.39 is 11.5 Å². The minimum absolute atomic E-state index is 0.0313. The molecule has 6 nitrogen and oxygen atoms in total. The van der Waals surface area contributed by atoms with E-state index in [-0.39, 0.29) is 23.8 Å². The molecule has 156 valence electrons. The van der Waals surface area contributed by atoms with Crippen LogP contribution in [0.5, 0.6) is 0 Å². The minimum atomic E-state index is -0.616. The topological polar surface area (TPSA) is 61.9 Å². The molecule has 0 saturated carbocycles. The SMILES string of the molecule is O=C(NCCCN1CCCCC1)[C@H]1[C@H]2C=C[C@]3(CN(Cc4cccs4)C(=O)[C@@H]13)O2. The number of thiophene rings is 1. The average Bonchev–Trinajstić information content (AvgIpc) is 3.49. The molecule has 4 aliphatic heterocycles. The summed E-state index contributed by atoms with van der Waals surface area (Å²) in [5.41, 5.74) is -0.616. The average molecular weight is 416 g/mol. The van der Waals surface area contributed by atoms with Gasteiger partial charge in [0.05, 0.1) is 31.0 Å². The van der Waals surface area contributed by atoms with E-state index in [9.17, 15) is 9.59 Å². The second-order valence-corrected chi connectivity index (χ2v) is 9.75. The summed E-state index contributed by atoms with van der Waals surface area (Å²) in [7, 11) is 0. The highest BCUT2D eigenvalue weighted by Gasteiger charge is 2.66. The van der Waals surface area contributed by atoms with Crippen molar-refractivity contribution >= 4 is 23.2 Å². The van der Waals surface area contributed by atoms with Crippen molar-refractivity contribution < 1.29 is 14.3 Å². The summed E-state index contributed by atoms with van der Waals surface area (Å²) in [6.45, 7) is 5.19. The van der Waals surface area contributed by atoms with E-state index in [0.29, 0.717) is 19.6 Å². The fourth-order valence-corrected chi connectivity index (χ4v) is 6.14. The molecule has 4 atom stereocenters. The zero-order valence-electron chi connectivity index (χ0n) is 16.7.